The Morgan fingerprint density at radius 2 is 2.35 bits per heavy atom. The fraction of sp³-hybridized carbons (Fsp3) is 0.500. The zero-order valence-electron chi connectivity index (χ0n) is 9.93. The van der Waals surface area contributed by atoms with Crippen LogP contribution in [0.25, 0.3) is 0 Å². The molecule has 2 heterocycles. The smallest absolute Gasteiger partial charge is 0.228 e. The summed E-state index contributed by atoms with van der Waals surface area (Å²) in [5.74, 6) is 0.0826. The molecule has 0 aliphatic carbocycles. The number of nitrogens with one attached hydrogen (secondary N) is 1. The number of anilines is 1. The number of morpholine rings is 1. The first-order valence-corrected chi connectivity index (χ1v) is 5.75. The van der Waals surface area contributed by atoms with Gasteiger partial charge in [0.25, 0.3) is 0 Å². The minimum Gasteiger partial charge on any atom is -0.378 e. The Hall–Kier alpha value is -1.46. The Balaban J connectivity index is 1.91. The summed E-state index contributed by atoms with van der Waals surface area (Å²) in [6, 6.07) is 3.77. The van der Waals surface area contributed by atoms with Crippen molar-refractivity contribution >= 4 is 11.6 Å². The van der Waals surface area contributed by atoms with Crippen molar-refractivity contribution in [3.63, 3.8) is 0 Å². The third-order valence-electron chi connectivity index (χ3n) is 2.84. The van der Waals surface area contributed by atoms with E-state index in [2.05, 4.69) is 10.3 Å². The molecule has 0 radical (unpaired) electrons. The summed E-state index contributed by atoms with van der Waals surface area (Å²) in [5.41, 5.74) is 0.863. The number of ether oxygens (including phenoxy) is 1. The molecule has 1 aliphatic heterocycles. The van der Waals surface area contributed by atoms with Crippen molar-refractivity contribution in [3.8, 4) is 0 Å². The summed E-state index contributed by atoms with van der Waals surface area (Å²) in [5, 5.41) is 3.27. The number of hydrogen-bond acceptors (Lipinski definition) is 4. The lowest BCUT2D eigenvalue weighted by Gasteiger charge is -2.25. The van der Waals surface area contributed by atoms with Crippen molar-refractivity contribution in [3.05, 3.63) is 24.5 Å². The number of aromatic nitrogens is 1. The van der Waals surface area contributed by atoms with Gasteiger partial charge in [0.05, 0.1) is 13.2 Å². The van der Waals surface area contributed by atoms with Crippen LogP contribution < -0.4 is 10.2 Å². The zero-order chi connectivity index (χ0) is 12.1. The van der Waals surface area contributed by atoms with Crippen molar-refractivity contribution in [2.45, 2.75) is 12.5 Å². The van der Waals surface area contributed by atoms with Crippen LogP contribution in [0.1, 0.15) is 6.42 Å². The second-order valence-corrected chi connectivity index (χ2v) is 4.09. The molecule has 1 amide bonds. The average molecular weight is 235 g/mol. The van der Waals surface area contributed by atoms with E-state index < -0.39 is 0 Å². The van der Waals surface area contributed by atoms with E-state index in [1.807, 2.05) is 12.1 Å². The van der Waals surface area contributed by atoms with Gasteiger partial charge in [-0.05, 0) is 12.1 Å². The Morgan fingerprint density at radius 3 is 3.00 bits per heavy atom. The fourth-order valence-corrected chi connectivity index (χ4v) is 1.81. The van der Waals surface area contributed by atoms with Crippen LogP contribution in [0.4, 0.5) is 5.69 Å². The first-order valence-electron chi connectivity index (χ1n) is 5.75. The van der Waals surface area contributed by atoms with Gasteiger partial charge in [0.1, 0.15) is 0 Å². The van der Waals surface area contributed by atoms with Crippen molar-refractivity contribution < 1.29 is 9.53 Å². The highest BCUT2D eigenvalue weighted by Gasteiger charge is 2.19. The third kappa shape index (κ3) is 3.25. The van der Waals surface area contributed by atoms with Crippen LogP contribution in [-0.2, 0) is 9.53 Å². The van der Waals surface area contributed by atoms with Crippen molar-refractivity contribution in [1.29, 1.82) is 0 Å². The van der Waals surface area contributed by atoms with E-state index in [0.29, 0.717) is 13.0 Å². The zero-order valence-corrected chi connectivity index (χ0v) is 9.93. The summed E-state index contributed by atoms with van der Waals surface area (Å²) >= 11 is 0. The molecular formula is C12H17N3O2. The standard InChI is InChI=1S/C12H17N3O2/c1-15(11-2-4-13-5-3-11)12(16)8-10-9-17-7-6-14-10/h2-5,10,14H,6-9H2,1H3. The van der Waals surface area contributed by atoms with Crippen LogP contribution in [0.5, 0.6) is 0 Å². The predicted molar refractivity (Wildman–Crippen MR) is 64.9 cm³/mol. The van der Waals surface area contributed by atoms with Crippen molar-refractivity contribution in [2.75, 3.05) is 31.7 Å². The SMILES string of the molecule is CN(C(=O)CC1COCCN1)c1ccncc1. The highest BCUT2D eigenvalue weighted by molar-refractivity contribution is 5.93. The number of rotatable bonds is 3. The van der Waals surface area contributed by atoms with Gasteiger partial charge in [-0.3, -0.25) is 9.78 Å². The minimum absolute atomic E-state index is 0.0826. The molecule has 0 aromatic carbocycles. The molecule has 1 atom stereocenters. The van der Waals surface area contributed by atoms with E-state index in [1.54, 1.807) is 24.3 Å². The van der Waals surface area contributed by atoms with Crippen LogP contribution in [0.2, 0.25) is 0 Å². The molecule has 1 fully saturated rings. The molecule has 5 nitrogen and oxygen atoms in total. The first-order chi connectivity index (χ1) is 8.27. The highest BCUT2D eigenvalue weighted by atomic mass is 16.5. The first kappa shape index (κ1) is 12.0. The predicted octanol–water partition coefficient (Wildman–Crippen LogP) is 0.423. The molecule has 1 saturated heterocycles. The van der Waals surface area contributed by atoms with E-state index >= 15 is 0 Å². The number of nitrogens with zero attached hydrogens (tertiary/aromatic N) is 2. The normalized spacial score (nSPS) is 19.9. The molecule has 92 valence electrons. The largest absolute Gasteiger partial charge is 0.378 e. The second-order valence-electron chi connectivity index (χ2n) is 4.09. The van der Waals surface area contributed by atoms with Crippen LogP contribution in [0, 0.1) is 0 Å². The molecule has 5 heteroatoms. The van der Waals surface area contributed by atoms with Gasteiger partial charge >= 0.3 is 0 Å². The molecule has 1 aliphatic rings. The van der Waals surface area contributed by atoms with Crippen LogP contribution >= 0.6 is 0 Å². The van der Waals surface area contributed by atoms with E-state index in [9.17, 15) is 4.79 Å². The maximum absolute atomic E-state index is 12.0. The Morgan fingerprint density at radius 1 is 1.59 bits per heavy atom. The maximum Gasteiger partial charge on any atom is 0.228 e. The molecule has 2 rings (SSSR count). The summed E-state index contributed by atoms with van der Waals surface area (Å²) in [7, 11) is 1.78. The summed E-state index contributed by atoms with van der Waals surface area (Å²) in [4.78, 5) is 17.6. The highest BCUT2D eigenvalue weighted by Crippen LogP contribution is 2.12. The molecule has 0 bridgehead atoms. The molecule has 1 unspecified atom stereocenters. The van der Waals surface area contributed by atoms with Gasteiger partial charge in [0, 0.05) is 44.1 Å². The van der Waals surface area contributed by atoms with Crippen LogP contribution in [0.15, 0.2) is 24.5 Å². The Labute approximate surface area is 101 Å². The average Bonchev–Trinajstić information content (AvgIpc) is 2.40. The Bertz CT molecular complexity index is 363. The molecule has 1 N–H and O–H groups in total. The third-order valence-corrected chi connectivity index (χ3v) is 2.84. The summed E-state index contributed by atoms with van der Waals surface area (Å²) < 4.78 is 5.33. The molecular weight excluding hydrogens is 218 g/mol. The molecule has 0 spiro atoms. The molecule has 0 saturated carbocycles. The van der Waals surface area contributed by atoms with E-state index in [-0.39, 0.29) is 11.9 Å². The Kier molecular flexibility index (Phi) is 4.06. The summed E-state index contributed by atoms with van der Waals surface area (Å²) in [6.45, 7) is 2.15. The number of carbonyl (C=O) groups excluding carboxylic acids is 1. The lowest BCUT2D eigenvalue weighted by Crippen LogP contribution is -2.44. The van der Waals surface area contributed by atoms with Gasteiger partial charge in [-0.1, -0.05) is 0 Å². The number of hydrogen-bond donors (Lipinski definition) is 1. The monoisotopic (exact) mass is 235 g/mol. The lowest BCUT2D eigenvalue weighted by atomic mass is 10.2. The van der Waals surface area contributed by atoms with Gasteiger partial charge in [-0.15, -0.1) is 0 Å². The van der Waals surface area contributed by atoms with Crippen molar-refractivity contribution in [1.82, 2.24) is 10.3 Å². The lowest BCUT2D eigenvalue weighted by molar-refractivity contribution is -0.119. The van der Waals surface area contributed by atoms with E-state index in [4.69, 9.17) is 4.74 Å². The van der Waals surface area contributed by atoms with E-state index in [1.165, 1.54) is 0 Å². The van der Waals surface area contributed by atoms with E-state index in [0.717, 1.165) is 18.8 Å². The fourth-order valence-electron chi connectivity index (χ4n) is 1.81. The number of amides is 1. The second kappa shape index (κ2) is 5.75. The van der Waals surface area contributed by atoms with Gasteiger partial charge < -0.3 is 15.0 Å². The van der Waals surface area contributed by atoms with Gasteiger partial charge in [-0.25, -0.2) is 0 Å². The molecule has 1 aromatic heterocycles. The minimum atomic E-state index is 0.0826. The number of carbonyl (C=O) groups is 1. The van der Waals surface area contributed by atoms with Crippen LogP contribution in [-0.4, -0.2) is 43.7 Å². The van der Waals surface area contributed by atoms with Crippen molar-refractivity contribution in [2.24, 2.45) is 0 Å². The topological polar surface area (TPSA) is 54.5 Å². The maximum atomic E-state index is 12.0. The summed E-state index contributed by atoms with van der Waals surface area (Å²) in [6.07, 6.45) is 3.82. The molecule has 1 aromatic rings. The van der Waals surface area contributed by atoms with Gasteiger partial charge in [0.2, 0.25) is 5.91 Å². The number of pyridine rings is 1. The quantitative estimate of drug-likeness (QED) is 0.825. The van der Waals surface area contributed by atoms with Gasteiger partial charge in [-0.2, -0.15) is 0 Å². The van der Waals surface area contributed by atoms with Gasteiger partial charge in [0.15, 0.2) is 0 Å². The molecule has 17 heavy (non-hydrogen) atoms. The van der Waals surface area contributed by atoms with Crippen LogP contribution in [0.3, 0.4) is 0 Å².